The molecule has 26 heavy (non-hydrogen) atoms. The van der Waals surface area contributed by atoms with E-state index in [2.05, 4.69) is 12.1 Å². The lowest BCUT2D eigenvalue weighted by molar-refractivity contribution is -0.136. The summed E-state index contributed by atoms with van der Waals surface area (Å²) in [6.45, 7) is 0. The Morgan fingerprint density at radius 3 is 2.15 bits per heavy atom. The molecule has 1 atom stereocenters. The summed E-state index contributed by atoms with van der Waals surface area (Å²) in [4.78, 5) is 11.4. The van der Waals surface area contributed by atoms with E-state index < -0.39 is 21.1 Å². The summed E-state index contributed by atoms with van der Waals surface area (Å²) >= 11 is 0. The lowest BCUT2D eigenvalue weighted by atomic mass is 10.1. The van der Waals surface area contributed by atoms with Crippen LogP contribution in [0.4, 0.5) is 0 Å². The predicted molar refractivity (Wildman–Crippen MR) is 104 cm³/mol. The molecular weight excluding hydrogens is 348 g/mol. The van der Waals surface area contributed by atoms with Gasteiger partial charge in [-0.3, -0.25) is 4.79 Å². The highest BCUT2D eigenvalue weighted by molar-refractivity contribution is 7.95. The Kier molecular flexibility index (Phi) is 7.60. The fourth-order valence-corrected chi connectivity index (χ4v) is 4.05. The van der Waals surface area contributed by atoms with Gasteiger partial charge in [-0.2, -0.15) is 0 Å². The number of sulfone groups is 1. The monoisotopic (exact) mass is 372 g/mol. The van der Waals surface area contributed by atoms with Crippen molar-refractivity contribution >= 4 is 21.9 Å². The zero-order valence-corrected chi connectivity index (χ0v) is 15.4. The number of hydrogen-bond acceptors (Lipinski definition) is 3. The molecule has 0 aromatic heterocycles. The number of carbonyl (C=O) groups is 1. The van der Waals surface area contributed by atoms with Crippen LogP contribution in [0.25, 0.3) is 6.08 Å². The number of aliphatic carboxylic acids is 1. The SMILES string of the molecule is O=C(O)C(CCCCCc1ccccc1)S(=O)(=O)/C=C/c1ccccc1. The maximum Gasteiger partial charge on any atom is 0.322 e. The van der Waals surface area contributed by atoms with Crippen LogP contribution >= 0.6 is 0 Å². The molecule has 0 aliphatic heterocycles. The number of hydrogen-bond donors (Lipinski definition) is 1. The molecule has 2 rings (SSSR count). The predicted octanol–water partition coefficient (Wildman–Crippen LogP) is 4.33. The van der Waals surface area contributed by atoms with Crippen LogP contribution in [0.2, 0.25) is 0 Å². The van der Waals surface area contributed by atoms with E-state index in [1.165, 1.54) is 11.6 Å². The van der Waals surface area contributed by atoms with Gasteiger partial charge in [-0.25, -0.2) is 8.42 Å². The van der Waals surface area contributed by atoms with Gasteiger partial charge in [-0.05, 0) is 36.5 Å². The first-order chi connectivity index (χ1) is 12.5. The van der Waals surface area contributed by atoms with Crippen LogP contribution in [0.1, 0.15) is 36.8 Å². The first kappa shape index (κ1) is 19.9. The van der Waals surface area contributed by atoms with Gasteiger partial charge in [0.2, 0.25) is 0 Å². The second-order valence-corrected chi connectivity index (χ2v) is 8.23. The molecule has 2 aromatic rings. The van der Waals surface area contributed by atoms with Gasteiger partial charge in [0.15, 0.2) is 15.1 Å². The zero-order valence-electron chi connectivity index (χ0n) is 14.6. The summed E-state index contributed by atoms with van der Waals surface area (Å²) in [5, 5.41) is 8.96. The van der Waals surface area contributed by atoms with E-state index in [0.29, 0.717) is 6.42 Å². The van der Waals surface area contributed by atoms with Gasteiger partial charge in [0.05, 0.1) is 0 Å². The first-order valence-electron chi connectivity index (χ1n) is 8.73. The van der Waals surface area contributed by atoms with Crippen molar-refractivity contribution < 1.29 is 18.3 Å². The molecule has 2 aromatic carbocycles. The molecule has 0 saturated heterocycles. The minimum absolute atomic E-state index is 0.131. The van der Waals surface area contributed by atoms with E-state index in [1.807, 2.05) is 24.3 Å². The van der Waals surface area contributed by atoms with Crippen molar-refractivity contribution in [1.82, 2.24) is 0 Å². The van der Waals surface area contributed by atoms with Crippen LogP contribution in [0, 0.1) is 0 Å². The Morgan fingerprint density at radius 2 is 1.54 bits per heavy atom. The van der Waals surface area contributed by atoms with Gasteiger partial charge in [-0.1, -0.05) is 73.5 Å². The van der Waals surface area contributed by atoms with Crippen molar-refractivity contribution in [2.24, 2.45) is 0 Å². The van der Waals surface area contributed by atoms with Crippen molar-refractivity contribution in [3.8, 4) is 0 Å². The van der Waals surface area contributed by atoms with Gasteiger partial charge in [0, 0.05) is 5.41 Å². The van der Waals surface area contributed by atoms with Crippen LogP contribution < -0.4 is 0 Å². The van der Waals surface area contributed by atoms with Crippen LogP contribution in [0.3, 0.4) is 0 Å². The molecule has 138 valence electrons. The Hall–Kier alpha value is -2.40. The van der Waals surface area contributed by atoms with Crippen molar-refractivity contribution in [2.75, 3.05) is 0 Å². The van der Waals surface area contributed by atoms with Crippen molar-refractivity contribution in [1.29, 1.82) is 0 Å². The lowest BCUT2D eigenvalue weighted by Gasteiger charge is -2.10. The Morgan fingerprint density at radius 1 is 0.923 bits per heavy atom. The summed E-state index contributed by atoms with van der Waals surface area (Å²) < 4.78 is 24.7. The Labute approximate surface area is 155 Å². The van der Waals surface area contributed by atoms with E-state index in [0.717, 1.165) is 30.2 Å². The molecule has 1 unspecified atom stereocenters. The maximum absolute atomic E-state index is 12.4. The molecule has 1 N–H and O–H groups in total. The largest absolute Gasteiger partial charge is 0.480 e. The third-order valence-electron chi connectivity index (χ3n) is 4.20. The van der Waals surface area contributed by atoms with E-state index in [-0.39, 0.29) is 6.42 Å². The second-order valence-electron chi connectivity index (χ2n) is 6.21. The first-order valence-corrected chi connectivity index (χ1v) is 10.3. The number of benzene rings is 2. The summed E-state index contributed by atoms with van der Waals surface area (Å²) in [6, 6.07) is 19.0. The van der Waals surface area contributed by atoms with Crippen molar-refractivity contribution in [2.45, 2.75) is 37.4 Å². The molecule has 0 amide bonds. The zero-order chi connectivity index (χ0) is 18.8. The molecule has 0 radical (unpaired) electrons. The molecular formula is C21H24O4S. The van der Waals surface area contributed by atoms with E-state index in [1.54, 1.807) is 24.3 Å². The van der Waals surface area contributed by atoms with E-state index in [4.69, 9.17) is 0 Å². The summed E-state index contributed by atoms with van der Waals surface area (Å²) in [5.74, 6) is -1.29. The maximum atomic E-state index is 12.4. The number of carboxylic acids is 1. The highest BCUT2D eigenvalue weighted by Crippen LogP contribution is 2.16. The summed E-state index contributed by atoms with van der Waals surface area (Å²) in [6.07, 6.45) is 4.78. The van der Waals surface area contributed by atoms with E-state index in [9.17, 15) is 18.3 Å². The highest BCUT2D eigenvalue weighted by atomic mass is 32.2. The van der Waals surface area contributed by atoms with Crippen molar-refractivity contribution in [3.05, 3.63) is 77.2 Å². The molecule has 0 saturated carbocycles. The van der Waals surface area contributed by atoms with Gasteiger partial charge in [0.25, 0.3) is 0 Å². The minimum atomic E-state index is -3.84. The van der Waals surface area contributed by atoms with Crippen LogP contribution in [0.15, 0.2) is 66.1 Å². The average molecular weight is 372 g/mol. The van der Waals surface area contributed by atoms with Crippen molar-refractivity contribution in [3.63, 3.8) is 0 Å². The third-order valence-corrected chi connectivity index (χ3v) is 5.94. The molecule has 0 bridgehead atoms. The quantitative estimate of drug-likeness (QED) is 0.630. The average Bonchev–Trinajstić information content (AvgIpc) is 2.64. The number of unbranched alkanes of at least 4 members (excludes halogenated alkanes) is 2. The number of aryl methyl sites for hydroxylation is 1. The second kappa shape index (κ2) is 9.92. The number of carboxylic acid groups (broad SMARTS) is 1. The Bertz CT molecular complexity index is 812. The Balaban J connectivity index is 1.87. The molecule has 4 nitrogen and oxygen atoms in total. The third kappa shape index (κ3) is 6.48. The molecule has 0 heterocycles. The fourth-order valence-electron chi connectivity index (χ4n) is 2.74. The lowest BCUT2D eigenvalue weighted by Crippen LogP contribution is -2.28. The topological polar surface area (TPSA) is 71.4 Å². The molecule has 5 heteroatoms. The summed E-state index contributed by atoms with van der Waals surface area (Å²) in [5.41, 5.74) is 1.96. The van der Waals surface area contributed by atoms with Gasteiger partial charge in [-0.15, -0.1) is 0 Å². The van der Waals surface area contributed by atoms with Gasteiger partial charge >= 0.3 is 5.97 Å². The minimum Gasteiger partial charge on any atom is -0.480 e. The van der Waals surface area contributed by atoms with Crippen LogP contribution in [0.5, 0.6) is 0 Å². The van der Waals surface area contributed by atoms with Crippen LogP contribution in [-0.4, -0.2) is 24.7 Å². The number of rotatable bonds is 10. The molecule has 0 aliphatic rings. The summed E-state index contributed by atoms with van der Waals surface area (Å²) in [7, 11) is -3.84. The molecule has 0 fully saturated rings. The fraction of sp³-hybridized carbons (Fsp3) is 0.286. The smallest absolute Gasteiger partial charge is 0.322 e. The standard InChI is InChI=1S/C21H24O4S/c22-21(23)20(15-9-3-8-12-18-10-4-1-5-11-18)26(24,25)17-16-19-13-6-2-7-14-19/h1-2,4-7,10-11,13-14,16-17,20H,3,8-9,12,15H2,(H,22,23)/b17-16+. The molecule has 0 spiro atoms. The van der Waals surface area contributed by atoms with Gasteiger partial charge in [0.1, 0.15) is 0 Å². The normalized spacial score (nSPS) is 12.9. The van der Waals surface area contributed by atoms with E-state index >= 15 is 0 Å². The molecule has 0 aliphatic carbocycles. The van der Waals surface area contributed by atoms with Crippen LogP contribution in [-0.2, 0) is 21.1 Å². The van der Waals surface area contributed by atoms with Gasteiger partial charge < -0.3 is 5.11 Å². The highest BCUT2D eigenvalue weighted by Gasteiger charge is 2.29.